The van der Waals surface area contributed by atoms with Crippen LogP contribution in [0.4, 0.5) is 8.78 Å². The van der Waals surface area contributed by atoms with Crippen molar-refractivity contribution < 1.29 is 18.3 Å². The fourth-order valence-corrected chi connectivity index (χ4v) is 3.66. The molecule has 0 fully saturated rings. The highest BCUT2D eigenvalue weighted by Crippen LogP contribution is 2.45. The van der Waals surface area contributed by atoms with E-state index in [2.05, 4.69) is 5.32 Å². The number of carbonyl (C=O) groups excluding carboxylic acids is 1. The Hall–Kier alpha value is -1.65. The summed E-state index contributed by atoms with van der Waals surface area (Å²) in [6.45, 7) is 2.89. The van der Waals surface area contributed by atoms with Crippen molar-refractivity contribution in [2.45, 2.75) is 57.3 Å². The van der Waals surface area contributed by atoms with Crippen LogP contribution in [0.3, 0.4) is 0 Å². The zero-order valence-corrected chi connectivity index (χ0v) is 13.5. The fraction of sp³-hybridized carbons (Fsp3) is 0.611. The molecule has 1 aliphatic carbocycles. The number of unbranched alkanes of at least 4 members (excludes halogenated alkanes) is 1. The lowest BCUT2D eigenvalue weighted by atomic mass is 9.89. The van der Waals surface area contributed by atoms with Gasteiger partial charge in [-0.2, -0.15) is 8.78 Å². The average molecular weight is 323 g/mol. The van der Waals surface area contributed by atoms with Crippen LogP contribution < -0.4 is 10.1 Å². The Morgan fingerprint density at radius 3 is 3.00 bits per heavy atom. The highest BCUT2D eigenvalue weighted by atomic mass is 19.3. The SMILES string of the molecule is CCCCNC(=O)C(F)(F)CC1CCc2ccc3c(c21)CCO3. The first kappa shape index (κ1) is 16.2. The monoisotopic (exact) mass is 323 g/mol. The van der Waals surface area contributed by atoms with Gasteiger partial charge in [0.25, 0.3) is 5.91 Å². The van der Waals surface area contributed by atoms with Crippen molar-refractivity contribution in [3.05, 3.63) is 28.8 Å². The van der Waals surface area contributed by atoms with E-state index in [-0.39, 0.29) is 5.92 Å². The van der Waals surface area contributed by atoms with Crippen LogP contribution in [0.1, 0.15) is 55.2 Å². The molecule has 1 unspecified atom stereocenters. The van der Waals surface area contributed by atoms with Gasteiger partial charge >= 0.3 is 5.92 Å². The summed E-state index contributed by atoms with van der Waals surface area (Å²) in [6, 6.07) is 3.93. The molecule has 0 saturated carbocycles. The lowest BCUT2D eigenvalue weighted by Crippen LogP contribution is -2.41. The first-order valence-corrected chi connectivity index (χ1v) is 8.46. The van der Waals surface area contributed by atoms with Crippen LogP contribution in [0.5, 0.6) is 5.75 Å². The van der Waals surface area contributed by atoms with Crippen molar-refractivity contribution in [3.8, 4) is 5.75 Å². The van der Waals surface area contributed by atoms with Gasteiger partial charge in [0.2, 0.25) is 0 Å². The third-order valence-corrected chi connectivity index (χ3v) is 4.84. The zero-order valence-electron chi connectivity index (χ0n) is 13.5. The van der Waals surface area contributed by atoms with Gasteiger partial charge < -0.3 is 10.1 Å². The molecule has 1 atom stereocenters. The molecule has 2 aliphatic rings. The van der Waals surface area contributed by atoms with Gasteiger partial charge in [-0.3, -0.25) is 4.79 Å². The first-order valence-electron chi connectivity index (χ1n) is 8.46. The minimum Gasteiger partial charge on any atom is -0.493 e. The molecule has 5 heteroatoms. The zero-order chi connectivity index (χ0) is 16.4. The van der Waals surface area contributed by atoms with Gasteiger partial charge in [-0.15, -0.1) is 0 Å². The van der Waals surface area contributed by atoms with Crippen LogP contribution in [0.15, 0.2) is 12.1 Å². The van der Waals surface area contributed by atoms with E-state index >= 15 is 0 Å². The van der Waals surface area contributed by atoms with Gasteiger partial charge in [0.05, 0.1) is 6.61 Å². The number of ether oxygens (including phenoxy) is 1. The maximum absolute atomic E-state index is 14.3. The predicted octanol–water partition coefficient (Wildman–Crippen LogP) is 3.59. The van der Waals surface area contributed by atoms with E-state index in [4.69, 9.17) is 4.74 Å². The van der Waals surface area contributed by atoms with E-state index in [9.17, 15) is 13.6 Å². The third-order valence-electron chi connectivity index (χ3n) is 4.84. The Balaban J connectivity index is 1.73. The van der Waals surface area contributed by atoms with E-state index < -0.39 is 18.3 Å². The Bertz CT molecular complexity index is 601. The number of nitrogens with one attached hydrogen (secondary N) is 1. The number of benzene rings is 1. The van der Waals surface area contributed by atoms with Crippen molar-refractivity contribution in [3.63, 3.8) is 0 Å². The number of rotatable bonds is 6. The maximum atomic E-state index is 14.3. The van der Waals surface area contributed by atoms with E-state index in [1.165, 1.54) is 0 Å². The molecule has 0 aromatic heterocycles. The van der Waals surface area contributed by atoms with Crippen LogP contribution in [0.2, 0.25) is 0 Å². The number of halogens is 2. The number of carbonyl (C=O) groups is 1. The van der Waals surface area contributed by atoms with Gasteiger partial charge in [0.15, 0.2) is 0 Å². The number of alkyl halides is 2. The molecule has 3 nitrogen and oxygen atoms in total. The second kappa shape index (κ2) is 6.46. The minimum absolute atomic E-state index is 0.256. The minimum atomic E-state index is -3.32. The van der Waals surface area contributed by atoms with Crippen molar-refractivity contribution >= 4 is 5.91 Å². The molecule has 3 rings (SSSR count). The Kier molecular flexibility index (Phi) is 4.55. The van der Waals surface area contributed by atoms with Gasteiger partial charge in [-0.05, 0) is 42.4 Å². The van der Waals surface area contributed by atoms with Crippen LogP contribution in [0.25, 0.3) is 0 Å². The Morgan fingerprint density at radius 1 is 1.39 bits per heavy atom. The molecule has 0 spiro atoms. The second-order valence-electron chi connectivity index (χ2n) is 6.47. The summed E-state index contributed by atoms with van der Waals surface area (Å²) in [5.74, 6) is -3.88. The molecule has 1 N–H and O–H groups in total. The third kappa shape index (κ3) is 3.19. The predicted molar refractivity (Wildman–Crippen MR) is 84.2 cm³/mol. The summed E-state index contributed by atoms with van der Waals surface area (Å²) < 4.78 is 34.1. The van der Waals surface area contributed by atoms with E-state index in [1.54, 1.807) is 0 Å². The van der Waals surface area contributed by atoms with Crippen molar-refractivity contribution in [2.24, 2.45) is 0 Å². The van der Waals surface area contributed by atoms with Crippen molar-refractivity contribution in [2.75, 3.05) is 13.2 Å². The molecule has 1 amide bonds. The smallest absolute Gasteiger partial charge is 0.325 e. The summed E-state index contributed by atoms with van der Waals surface area (Å²) in [6.07, 6.45) is 3.45. The molecule has 1 aromatic carbocycles. The molecule has 1 aliphatic heterocycles. The quantitative estimate of drug-likeness (QED) is 0.813. The van der Waals surface area contributed by atoms with Crippen LogP contribution in [-0.2, 0) is 17.6 Å². The molecular formula is C18H23F2NO2. The van der Waals surface area contributed by atoms with E-state index in [0.29, 0.717) is 19.6 Å². The molecule has 1 aromatic rings. The highest BCUT2D eigenvalue weighted by molar-refractivity contribution is 5.83. The maximum Gasteiger partial charge on any atom is 0.325 e. The molecule has 0 saturated heterocycles. The van der Waals surface area contributed by atoms with Crippen LogP contribution >= 0.6 is 0 Å². The standard InChI is InChI=1S/C18H23F2NO2/c1-2-3-9-21-17(22)18(19,20)11-13-5-4-12-6-7-15-14(16(12)13)8-10-23-15/h6-7,13H,2-5,8-11H2,1H3,(H,21,22). The summed E-state index contributed by atoms with van der Waals surface area (Å²) in [5.41, 5.74) is 3.23. The second-order valence-corrected chi connectivity index (χ2v) is 6.47. The lowest BCUT2D eigenvalue weighted by Gasteiger charge is -2.21. The van der Waals surface area contributed by atoms with Gasteiger partial charge in [0.1, 0.15) is 5.75 Å². The van der Waals surface area contributed by atoms with Crippen LogP contribution in [0, 0.1) is 0 Å². The topological polar surface area (TPSA) is 38.3 Å². The van der Waals surface area contributed by atoms with E-state index in [0.717, 1.165) is 48.1 Å². The number of hydrogen-bond acceptors (Lipinski definition) is 2. The van der Waals surface area contributed by atoms with Gasteiger partial charge in [-0.25, -0.2) is 0 Å². The van der Waals surface area contributed by atoms with Crippen LogP contribution in [-0.4, -0.2) is 25.0 Å². The number of hydrogen-bond donors (Lipinski definition) is 1. The average Bonchev–Trinajstić information content (AvgIpc) is 3.13. The fourth-order valence-electron chi connectivity index (χ4n) is 3.66. The molecule has 126 valence electrons. The molecule has 1 heterocycles. The number of amides is 1. The molecular weight excluding hydrogens is 300 g/mol. The normalized spacial score (nSPS) is 19.2. The van der Waals surface area contributed by atoms with Crippen molar-refractivity contribution in [1.29, 1.82) is 0 Å². The summed E-state index contributed by atoms with van der Waals surface area (Å²) in [7, 11) is 0. The van der Waals surface area contributed by atoms with E-state index in [1.807, 2.05) is 19.1 Å². The number of aryl methyl sites for hydroxylation is 1. The molecule has 0 radical (unpaired) electrons. The Morgan fingerprint density at radius 2 is 2.22 bits per heavy atom. The summed E-state index contributed by atoms with van der Waals surface area (Å²) >= 11 is 0. The largest absolute Gasteiger partial charge is 0.493 e. The highest BCUT2D eigenvalue weighted by Gasteiger charge is 2.43. The molecule has 23 heavy (non-hydrogen) atoms. The molecule has 0 bridgehead atoms. The summed E-state index contributed by atoms with van der Waals surface area (Å²) in [4.78, 5) is 11.8. The Labute approximate surface area is 135 Å². The number of fused-ring (bicyclic) bond motifs is 3. The lowest BCUT2D eigenvalue weighted by molar-refractivity contribution is -0.147. The van der Waals surface area contributed by atoms with Crippen molar-refractivity contribution in [1.82, 2.24) is 5.32 Å². The van der Waals surface area contributed by atoms with Gasteiger partial charge in [-0.1, -0.05) is 19.4 Å². The van der Waals surface area contributed by atoms with Gasteiger partial charge in [0, 0.05) is 24.9 Å². The summed E-state index contributed by atoms with van der Waals surface area (Å²) in [5, 5.41) is 2.36. The first-order chi connectivity index (χ1) is 11.0.